The van der Waals surface area contributed by atoms with Gasteiger partial charge < -0.3 is 15.7 Å². The van der Waals surface area contributed by atoms with Gasteiger partial charge in [-0.25, -0.2) is 9.97 Å². The van der Waals surface area contributed by atoms with Crippen LogP contribution in [0.4, 0.5) is 11.6 Å². The van der Waals surface area contributed by atoms with E-state index < -0.39 is 6.10 Å². The van der Waals surface area contributed by atoms with Crippen molar-refractivity contribution in [2.24, 2.45) is 0 Å². The average molecular weight is 238 g/mol. The van der Waals surface area contributed by atoms with E-state index in [9.17, 15) is 5.11 Å². The molecule has 0 aliphatic rings. The Bertz CT molecular complexity index is 366. The fourth-order valence-electron chi connectivity index (χ4n) is 1.46. The molecule has 0 saturated heterocycles. The highest BCUT2D eigenvalue weighted by Crippen LogP contribution is 2.19. The molecule has 0 saturated carbocycles. The SMILES string of the molecule is CCCNc1nc(C)nc(NCC(C)O)c1C. The lowest BCUT2D eigenvalue weighted by atomic mass is 10.3. The van der Waals surface area contributed by atoms with Gasteiger partial charge in [0.2, 0.25) is 0 Å². The molecule has 1 heterocycles. The molecule has 0 fully saturated rings. The molecule has 3 N–H and O–H groups in total. The van der Waals surface area contributed by atoms with E-state index >= 15 is 0 Å². The van der Waals surface area contributed by atoms with Gasteiger partial charge in [-0.3, -0.25) is 0 Å². The number of aryl methyl sites for hydroxylation is 1. The molecule has 1 unspecified atom stereocenters. The van der Waals surface area contributed by atoms with E-state index in [0.29, 0.717) is 6.54 Å². The molecule has 0 aliphatic heterocycles. The maximum Gasteiger partial charge on any atom is 0.134 e. The number of aromatic nitrogens is 2. The smallest absolute Gasteiger partial charge is 0.134 e. The number of rotatable bonds is 6. The Labute approximate surface area is 103 Å². The summed E-state index contributed by atoms with van der Waals surface area (Å²) in [5.41, 5.74) is 0.990. The van der Waals surface area contributed by atoms with Gasteiger partial charge in [0.25, 0.3) is 0 Å². The summed E-state index contributed by atoms with van der Waals surface area (Å²) >= 11 is 0. The first-order valence-corrected chi connectivity index (χ1v) is 6.05. The summed E-state index contributed by atoms with van der Waals surface area (Å²) < 4.78 is 0. The van der Waals surface area contributed by atoms with Crippen LogP contribution < -0.4 is 10.6 Å². The maximum atomic E-state index is 9.26. The third-order valence-corrected chi connectivity index (χ3v) is 2.36. The second kappa shape index (κ2) is 6.39. The molecule has 0 bridgehead atoms. The molecule has 0 radical (unpaired) electrons. The molecular formula is C12H22N4O. The van der Waals surface area contributed by atoms with Crippen LogP contribution >= 0.6 is 0 Å². The summed E-state index contributed by atoms with van der Waals surface area (Å²) in [7, 11) is 0. The summed E-state index contributed by atoms with van der Waals surface area (Å²) in [5, 5.41) is 15.7. The van der Waals surface area contributed by atoms with Gasteiger partial charge in [-0.1, -0.05) is 6.92 Å². The van der Waals surface area contributed by atoms with E-state index in [-0.39, 0.29) is 0 Å². The number of hydrogen-bond donors (Lipinski definition) is 3. The van der Waals surface area contributed by atoms with Crippen molar-refractivity contribution >= 4 is 11.6 Å². The number of nitrogens with zero attached hydrogens (tertiary/aromatic N) is 2. The van der Waals surface area contributed by atoms with Crippen molar-refractivity contribution in [2.75, 3.05) is 23.7 Å². The predicted octanol–water partition coefficient (Wildman–Crippen LogP) is 1.71. The Hall–Kier alpha value is -1.36. The minimum absolute atomic E-state index is 0.392. The second-order valence-electron chi connectivity index (χ2n) is 4.25. The average Bonchev–Trinajstić information content (AvgIpc) is 2.27. The van der Waals surface area contributed by atoms with Crippen molar-refractivity contribution in [2.45, 2.75) is 40.2 Å². The lowest BCUT2D eigenvalue weighted by molar-refractivity contribution is 0.208. The Kier molecular flexibility index (Phi) is 5.15. The number of hydrogen-bond acceptors (Lipinski definition) is 5. The quantitative estimate of drug-likeness (QED) is 0.704. The van der Waals surface area contributed by atoms with Gasteiger partial charge in [0.15, 0.2) is 0 Å². The number of aliphatic hydroxyl groups excluding tert-OH is 1. The van der Waals surface area contributed by atoms with E-state index in [1.54, 1.807) is 6.92 Å². The zero-order chi connectivity index (χ0) is 12.8. The van der Waals surface area contributed by atoms with Crippen LogP contribution in [0.2, 0.25) is 0 Å². The minimum Gasteiger partial charge on any atom is -0.392 e. The van der Waals surface area contributed by atoms with Gasteiger partial charge in [0.05, 0.1) is 6.10 Å². The summed E-state index contributed by atoms with van der Waals surface area (Å²) in [5.74, 6) is 2.38. The van der Waals surface area contributed by atoms with E-state index in [2.05, 4.69) is 27.5 Å². The van der Waals surface area contributed by atoms with Crippen molar-refractivity contribution in [1.82, 2.24) is 9.97 Å². The van der Waals surface area contributed by atoms with E-state index in [0.717, 1.165) is 36.0 Å². The second-order valence-corrected chi connectivity index (χ2v) is 4.25. The van der Waals surface area contributed by atoms with Gasteiger partial charge in [0.1, 0.15) is 17.5 Å². The van der Waals surface area contributed by atoms with Crippen molar-refractivity contribution in [1.29, 1.82) is 0 Å². The molecule has 1 atom stereocenters. The summed E-state index contributed by atoms with van der Waals surface area (Å²) in [6.45, 7) is 9.08. The summed E-state index contributed by atoms with van der Waals surface area (Å²) in [6.07, 6.45) is 0.663. The van der Waals surface area contributed by atoms with Crippen molar-refractivity contribution in [3.63, 3.8) is 0 Å². The van der Waals surface area contributed by atoms with E-state index in [1.165, 1.54) is 0 Å². The van der Waals surface area contributed by atoms with E-state index in [4.69, 9.17) is 0 Å². The first-order chi connectivity index (χ1) is 8.04. The van der Waals surface area contributed by atoms with Gasteiger partial charge >= 0.3 is 0 Å². The van der Waals surface area contributed by atoms with Crippen LogP contribution in [0.1, 0.15) is 31.7 Å². The van der Waals surface area contributed by atoms with Crippen molar-refractivity contribution in [3.8, 4) is 0 Å². The van der Waals surface area contributed by atoms with Crippen LogP contribution in [0.3, 0.4) is 0 Å². The number of aliphatic hydroxyl groups is 1. The summed E-state index contributed by atoms with van der Waals surface area (Å²) in [6, 6.07) is 0. The van der Waals surface area contributed by atoms with Crippen LogP contribution in [0.25, 0.3) is 0 Å². The molecule has 17 heavy (non-hydrogen) atoms. The monoisotopic (exact) mass is 238 g/mol. The Morgan fingerprint density at radius 3 is 2.29 bits per heavy atom. The molecule has 96 valence electrons. The molecule has 1 aromatic rings. The molecule has 0 spiro atoms. The lowest BCUT2D eigenvalue weighted by Crippen LogP contribution is -2.18. The predicted molar refractivity (Wildman–Crippen MR) is 70.5 cm³/mol. The normalized spacial score (nSPS) is 12.3. The summed E-state index contributed by atoms with van der Waals surface area (Å²) in [4.78, 5) is 8.71. The topological polar surface area (TPSA) is 70.1 Å². The maximum absolute atomic E-state index is 9.26. The zero-order valence-corrected chi connectivity index (χ0v) is 11.0. The lowest BCUT2D eigenvalue weighted by Gasteiger charge is -2.14. The molecular weight excluding hydrogens is 216 g/mol. The highest BCUT2D eigenvalue weighted by atomic mass is 16.3. The highest BCUT2D eigenvalue weighted by molar-refractivity contribution is 5.57. The van der Waals surface area contributed by atoms with Crippen LogP contribution in [-0.2, 0) is 0 Å². The van der Waals surface area contributed by atoms with Gasteiger partial charge in [-0.05, 0) is 27.2 Å². The highest BCUT2D eigenvalue weighted by Gasteiger charge is 2.08. The number of anilines is 2. The van der Waals surface area contributed by atoms with Gasteiger partial charge in [-0.15, -0.1) is 0 Å². The zero-order valence-electron chi connectivity index (χ0n) is 11.0. The van der Waals surface area contributed by atoms with Crippen molar-refractivity contribution < 1.29 is 5.11 Å². The Morgan fingerprint density at radius 2 is 1.76 bits per heavy atom. The third-order valence-electron chi connectivity index (χ3n) is 2.36. The molecule has 5 nitrogen and oxygen atoms in total. The molecule has 1 aromatic heterocycles. The van der Waals surface area contributed by atoms with Crippen molar-refractivity contribution in [3.05, 3.63) is 11.4 Å². The van der Waals surface area contributed by atoms with Crippen LogP contribution in [0, 0.1) is 13.8 Å². The standard InChI is InChI=1S/C12H22N4O/c1-5-6-13-11-9(3)12(14-7-8(2)17)16-10(4)15-11/h8,17H,5-7H2,1-4H3,(H2,13,14,15,16). The molecule has 5 heteroatoms. The first-order valence-electron chi connectivity index (χ1n) is 6.05. The van der Waals surface area contributed by atoms with Gasteiger partial charge in [0, 0.05) is 18.7 Å². The number of nitrogens with one attached hydrogen (secondary N) is 2. The Balaban J connectivity index is 2.85. The molecule has 1 rings (SSSR count). The van der Waals surface area contributed by atoms with E-state index in [1.807, 2.05) is 13.8 Å². The minimum atomic E-state index is -0.392. The van der Waals surface area contributed by atoms with Gasteiger partial charge in [-0.2, -0.15) is 0 Å². The van der Waals surface area contributed by atoms with Crippen LogP contribution in [0.15, 0.2) is 0 Å². The molecule has 0 amide bonds. The van der Waals surface area contributed by atoms with Crippen LogP contribution in [-0.4, -0.2) is 34.3 Å². The first kappa shape index (κ1) is 13.7. The van der Waals surface area contributed by atoms with Crippen LogP contribution in [0.5, 0.6) is 0 Å². The Morgan fingerprint density at radius 1 is 1.18 bits per heavy atom. The third kappa shape index (κ3) is 4.19. The fraction of sp³-hybridized carbons (Fsp3) is 0.667. The fourth-order valence-corrected chi connectivity index (χ4v) is 1.46. The molecule has 0 aliphatic carbocycles. The molecule has 0 aromatic carbocycles. The largest absolute Gasteiger partial charge is 0.392 e.